The van der Waals surface area contributed by atoms with Crippen LogP contribution in [-0.2, 0) is 11.3 Å². The molecule has 0 unspecified atom stereocenters. The Morgan fingerprint density at radius 1 is 1.78 bits per heavy atom. The summed E-state index contributed by atoms with van der Waals surface area (Å²) in [6.45, 7) is -0.0236. The van der Waals surface area contributed by atoms with E-state index in [1.54, 1.807) is 6.29 Å². The number of nitrogen functional groups attached to an aromatic ring is 1. The zero-order valence-electron chi connectivity index (χ0n) is 4.48. The second-order valence-corrected chi connectivity index (χ2v) is 1.32. The molecule has 0 fully saturated rings. The van der Waals surface area contributed by atoms with Crippen LogP contribution in [0.5, 0.6) is 0 Å². The Hall–Kier alpha value is -1.46. The van der Waals surface area contributed by atoms with Crippen molar-refractivity contribution in [3.05, 3.63) is 0 Å². The molecule has 0 atom stereocenters. The molecule has 0 bridgehead atoms. The molecule has 1 rings (SSSR count). The van der Waals surface area contributed by atoms with Gasteiger partial charge in [-0.25, -0.2) is 0 Å². The fourth-order valence-corrected chi connectivity index (χ4v) is 0.380. The molecule has 1 aromatic rings. The minimum Gasteiger partial charge on any atom is -0.365 e. The number of rotatable bonds is 2. The van der Waals surface area contributed by atoms with Gasteiger partial charge < -0.3 is 5.73 Å². The van der Waals surface area contributed by atoms with Crippen LogP contribution in [0.25, 0.3) is 0 Å². The quantitative estimate of drug-likeness (QED) is 0.513. The molecule has 0 aliphatic carbocycles. The number of nitrogens with zero attached hydrogens (tertiary/aromatic N) is 4. The number of hydrogen-bond donors (Lipinski definition) is 1. The summed E-state index contributed by atoms with van der Waals surface area (Å²) >= 11 is 0. The van der Waals surface area contributed by atoms with Gasteiger partial charge in [-0.1, -0.05) is 5.10 Å². The van der Waals surface area contributed by atoms with Crippen molar-refractivity contribution in [2.45, 2.75) is 6.54 Å². The first-order valence-electron chi connectivity index (χ1n) is 2.21. The predicted octanol–water partition coefficient (Wildman–Crippen LogP) is -1.64. The van der Waals surface area contributed by atoms with Gasteiger partial charge in [-0.2, -0.15) is 4.80 Å². The van der Waals surface area contributed by atoms with Gasteiger partial charge in [-0.15, -0.1) is 5.10 Å². The lowest BCUT2D eigenvalue weighted by Gasteiger charge is -1.81. The fourth-order valence-electron chi connectivity index (χ4n) is 0.380. The van der Waals surface area contributed by atoms with E-state index < -0.39 is 0 Å². The smallest absolute Gasteiger partial charge is 0.260 e. The minimum atomic E-state index is -0.0236. The number of nitrogens with two attached hydrogens (primary N) is 1. The van der Waals surface area contributed by atoms with E-state index in [0.717, 1.165) is 4.80 Å². The molecule has 0 amide bonds. The minimum absolute atomic E-state index is 0.0236. The van der Waals surface area contributed by atoms with Crippen LogP contribution >= 0.6 is 0 Å². The molecular formula is C3H4N5O. The molecule has 2 N–H and O–H groups in total. The molecule has 1 heterocycles. The van der Waals surface area contributed by atoms with Gasteiger partial charge in [0.15, 0.2) is 0 Å². The molecule has 6 heteroatoms. The number of hydrogen-bond acceptors (Lipinski definition) is 5. The highest BCUT2D eigenvalue weighted by Crippen LogP contribution is 1.81. The highest BCUT2D eigenvalue weighted by Gasteiger charge is 1.94. The van der Waals surface area contributed by atoms with Crippen molar-refractivity contribution < 1.29 is 4.79 Å². The van der Waals surface area contributed by atoms with E-state index in [0.29, 0.717) is 0 Å². The summed E-state index contributed by atoms with van der Waals surface area (Å²) in [6.07, 6.45) is 1.59. The van der Waals surface area contributed by atoms with Crippen molar-refractivity contribution in [2.75, 3.05) is 5.73 Å². The zero-order valence-corrected chi connectivity index (χ0v) is 4.48. The van der Waals surface area contributed by atoms with Crippen LogP contribution in [0.4, 0.5) is 5.95 Å². The Morgan fingerprint density at radius 3 is 3.00 bits per heavy atom. The van der Waals surface area contributed by atoms with E-state index in [1.807, 2.05) is 0 Å². The van der Waals surface area contributed by atoms with E-state index in [2.05, 4.69) is 15.4 Å². The van der Waals surface area contributed by atoms with Crippen LogP contribution in [-0.4, -0.2) is 26.5 Å². The first-order chi connectivity index (χ1) is 4.33. The summed E-state index contributed by atoms with van der Waals surface area (Å²) in [4.78, 5) is 10.7. The Kier molecular flexibility index (Phi) is 1.39. The third-order valence-corrected chi connectivity index (χ3v) is 0.674. The van der Waals surface area contributed by atoms with Crippen molar-refractivity contribution >= 4 is 12.2 Å². The standard InChI is InChI=1S/C3H4N5O/c4-3-5-7-8(6-3)1-2-9/h1H2,(H2,4,6). The number of anilines is 1. The Labute approximate surface area is 50.6 Å². The molecule has 0 aliphatic heterocycles. The van der Waals surface area contributed by atoms with Crippen LogP contribution in [0.2, 0.25) is 0 Å². The molecule has 0 aliphatic rings. The lowest BCUT2D eigenvalue weighted by molar-refractivity contribution is 0.519. The van der Waals surface area contributed by atoms with E-state index in [4.69, 9.17) is 5.73 Å². The van der Waals surface area contributed by atoms with Crippen LogP contribution < -0.4 is 5.73 Å². The average molecular weight is 126 g/mol. The van der Waals surface area contributed by atoms with Crippen LogP contribution in [0.15, 0.2) is 0 Å². The Bertz CT molecular complexity index is 206. The highest BCUT2D eigenvalue weighted by atomic mass is 16.1. The largest absolute Gasteiger partial charge is 0.365 e. The number of tetrazole rings is 1. The van der Waals surface area contributed by atoms with Gasteiger partial charge in [0.2, 0.25) is 6.29 Å². The van der Waals surface area contributed by atoms with Crippen LogP contribution in [0.3, 0.4) is 0 Å². The molecule has 47 valence electrons. The summed E-state index contributed by atoms with van der Waals surface area (Å²) in [6, 6.07) is 0. The SMILES string of the molecule is Nc1nnn(C[C]=O)n1. The maximum atomic E-state index is 9.69. The van der Waals surface area contributed by atoms with Crippen molar-refractivity contribution in [1.82, 2.24) is 20.2 Å². The number of carbonyl (C=O) groups excluding carboxylic acids is 1. The van der Waals surface area contributed by atoms with E-state index in [1.165, 1.54) is 0 Å². The lowest BCUT2D eigenvalue weighted by Crippen LogP contribution is -2.03. The van der Waals surface area contributed by atoms with Crippen molar-refractivity contribution in [3.8, 4) is 0 Å². The average Bonchev–Trinajstić information content (AvgIpc) is 2.17. The van der Waals surface area contributed by atoms with Crippen molar-refractivity contribution in [3.63, 3.8) is 0 Å². The van der Waals surface area contributed by atoms with Gasteiger partial charge in [-0.3, -0.25) is 4.79 Å². The summed E-state index contributed by atoms with van der Waals surface area (Å²) in [5.41, 5.74) is 5.07. The van der Waals surface area contributed by atoms with Gasteiger partial charge in [0.1, 0.15) is 6.54 Å². The van der Waals surface area contributed by atoms with E-state index in [-0.39, 0.29) is 12.5 Å². The van der Waals surface area contributed by atoms with Crippen LogP contribution in [0.1, 0.15) is 0 Å². The predicted molar refractivity (Wildman–Crippen MR) is 27.9 cm³/mol. The first kappa shape index (κ1) is 5.67. The molecule has 1 radical (unpaired) electrons. The Balaban J connectivity index is 2.72. The molecule has 6 nitrogen and oxygen atoms in total. The molecule has 0 aromatic carbocycles. The molecule has 0 saturated heterocycles. The molecule has 0 saturated carbocycles. The van der Waals surface area contributed by atoms with Crippen molar-refractivity contribution in [1.29, 1.82) is 0 Å². The number of aromatic nitrogens is 4. The third-order valence-electron chi connectivity index (χ3n) is 0.674. The normalized spacial score (nSPS) is 9.33. The van der Waals surface area contributed by atoms with Gasteiger partial charge in [0.25, 0.3) is 5.95 Å². The second kappa shape index (κ2) is 2.21. The lowest BCUT2D eigenvalue weighted by atomic mass is 10.8. The van der Waals surface area contributed by atoms with E-state index >= 15 is 0 Å². The first-order valence-corrected chi connectivity index (χ1v) is 2.21. The summed E-state index contributed by atoms with van der Waals surface area (Å²) in [7, 11) is 0. The molecular weight excluding hydrogens is 122 g/mol. The van der Waals surface area contributed by atoms with Gasteiger partial charge in [-0.05, 0) is 5.21 Å². The van der Waals surface area contributed by atoms with E-state index in [9.17, 15) is 4.79 Å². The summed E-state index contributed by atoms with van der Waals surface area (Å²) < 4.78 is 0. The maximum Gasteiger partial charge on any atom is 0.260 e. The van der Waals surface area contributed by atoms with Crippen molar-refractivity contribution in [2.24, 2.45) is 0 Å². The van der Waals surface area contributed by atoms with Gasteiger partial charge in [0.05, 0.1) is 0 Å². The maximum absolute atomic E-state index is 9.69. The molecule has 9 heavy (non-hydrogen) atoms. The Morgan fingerprint density at radius 2 is 2.56 bits per heavy atom. The zero-order chi connectivity index (χ0) is 6.69. The third kappa shape index (κ3) is 1.21. The fraction of sp³-hybridized carbons (Fsp3) is 0.333. The van der Waals surface area contributed by atoms with Gasteiger partial charge >= 0.3 is 0 Å². The molecule has 0 spiro atoms. The molecule has 1 aromatic heterocycles. The highest BCUT2D eigenvalue weighted by molar-refractivity contribution is 5.49. The topological polar surface area (TPSA) is 86.7 Å². The summed E-state index contributed by atoms with van der Waals surface area (Å²) in [5, 5.41) is 10.2. The monoisotopic (exact) mass is 126 g/mol. The second-order valence-electron chi connectivity index (χ2n) is 1.32. The van der Waals surface area contributed by atoms with Gasteiger partial charge in [0, 0.05) is 0 Å². The van der Waals surface area contributed by atoms with Crippen LogP contribution in [0, 0.1) is 0 Å². The summed E-state index contributed by atoms with van der Waals surface area (Å²) in [5.74, 6) is 0.0604.